The fourth-order valence-electron chi connectivity index (χ4n) is 2.00. The molecule has 2 heterocycles. The van der Waals surface area contributed by atoms with Crippen molar-refractivity contribution in [2.24, 2.45) is 0 Å². The monoisotopic (exact) mass is 210 g/mol. The van der Waals surface area contributed by atoms with Crippen LogP contribution < -0.4 is 10.6 Å². The van der Waals surface area contributed by atoms with Crippen LogP contribution in [0.2, 0.25) is 0 Å². The number of aromatic amines is 1. The van der Waals surface area contributed by atoms with Crippen LogP contribution in [0.5, 0.6) is 0 Å². The van der Waals surface area contributed by atoms with E-state index >= 15 is 0 Å². The van der Waals surface area contributed by atoms with Crippen LogP contribution in [0.15, 0.2) is 6.20 Å². The van der Waals surface area contributed by atoms with E-state index < -0.39 is 0 Å². The fourth-order valence-corrected chi connectivity index (χ4v) is 2.00. The van der Waals surface area contributed by atoms with Crippen molar-refractivity contribution in [3.8, 4) is 0 Å². The smallest absolute Gasteiger partial charge is 0.142 e. The average Bonchev–Trinajstić information content (AvgIpc) is 2.64. The van der Waals surface area contributed by atoms with Gasteiger partial charge in [-0.15, -0.1) is 0 Å². The standard InChI is InChI=1S/C10H18N4O/c1-3-8-6-15-7(2)5-14(8)9-4-12-13-10(9)11/h4,7-8H,3,5-6H2,1-2H3,(H3,11,12,13). The number of rotatable bonds is 2. The highest BCUT2D eigenvalue weighted by Crippen LogP contribution is 2.26. The van der Waals surface area contributed by atoms with Crippen LogP contribution in [-0.2, 0) is 4.74 Å². The second-order valence-electron chi connectivity index (χ2n) is 4.03. The Morgan fingerprint density at radius 2 is 2.53 bits per heavy atom. The van der Waals surface area contributed by atoms with E-state index in [1.807, 2.05) is 0 Å². The van der Waals surface area contributed by atoms with Gasteiger partial charge in [-0.3, -0.25) is 5.10 Å². The average molecular weight is 210 g/mol. The highest BCUT2D eigenvalue weighted by molar-refractivity contribution is 5.63. The minimum Gasteiger partial charge on any atom is -0.382 e. The van der Waals surface area contributed by atoms with Crippen molar-refractivity contribution in [2.45, 2.75) is 32.4 Å². The molecule has 3 N–H and O–H groups in total. The quantitative estimate of drug-likeness (QED) is 0.764. The third-order valence-electron chi connectivity index (χ3n) is 2.90. The Hall–Kier alpha value is -1.23. The van der Waals surface area contributed by atoms with Gasteiger partial charge in [0.05, 0.1) is 30.6 Å². The van der Waals surface area contributed by atoms with Crippen LogP contribution in [0.4, 0.5) is 11.5 Å². The zero-order valence-corrected chi connectivity index (χ0v) is 9.23. The van der Waals surface area contributed by atoms with Gasteiger partial charge in [-0.1, -0.05) is 6.92 Å². The summed E-state index contributed by atoms with van der Waals surface area (Å²) in [6, 6.07) is 0.404. The van der Waals surface area contributed by atoms with Crippen LogP contribution in [0, 0.1) is 0 Å². The maximum atomic E-state index is 5.83. The Morgan fingerprint density at radius 1 is 1.73 bits per heavy atom. The van der Waals surface area contributed by atoms with Crippen molar-refractivity contribution in [2.75, 3.05) is 23.8 Å². The number of nitrogen functional groups attached to an aromatic ring is 1. The van der Waals surface area contributed by atoms with Crippen LogP contribution >= 0.6 is 0 Å². The molecule has 1 fully saturated rings. The Bertz CT molecular complexity index is 325. The van der Waals surface area contributed by atoms with Crippen molar-refractivity contribution in [1.29, 1.82) is 0 Å². The molecule has 1 aliphatic rings. The zero-order chi connectivity index (χ0) is 10.8. The molecule has 2 rings (SSSR count). The molecule has 1 aliphatic heterocycles. The first-order chi connectivity index (χ1) is 7.22. The summed E-state index contributed by atoms with van der Waals surface area (Å²) >= 11 is 0. The second kappa shape index (κ2) is 4.10. The Balaban J connectivity index is 2.20. The molecule has 0 spiro atoms. The van der Waals surface area contributed by atoms with Gasteiger partial charge in [0.15, 0.2) is 0 Å². The van der Waals surface area contributed by atoms with E-state index in [0.29, 0.717) is 11.9 Å². The minimum atomic E-state index is 0.252. The first-order valence-corrected chi connectivity index (χ1v) is 5.39. The number of aromatic nitrogens is 2. The van der Waals surface area contributed by atoms with Crippen LogP contribution in [-0.4, -0.2) is 35.5 Å². The molecule has 5 nitrogen and oxygen atoms in total. The fraction of sp³-hybridized carbons (Fsp3) is 0.700. The normalized spacial score (nSPS) is 26.9. The minimum absolute atomic E-state index is 0.252. The molecule has 1 aromatic heterocycles. The molecule has 1 saturated heterocycles. The molecule has 0 radical (unpaired) electrons. The number of nitrogens with two attached hydrogens (primary N) is 1. The van der Waals surface area contributed by atoms with Crippen molar-refractivity contribution in [1.82, 2.24) is 10.2 Å². The van der Waals surface area contributed by atoms with Crippen LogP contribution in [0.1, 0.15) is 20.3 Å². The Morgan fingerprint density at radius 3 is 3.13 bits per heavy atom. The molecule has 0 amide bonds. The van der Waals surface area contributed by atoms with Gasteiger partial charge in [0.1, 0.15) is 5.82 Å². The van der Waals surface area contributed by atoms with Gasteiger partial charge in [-0.2, -0.15) is 5.10 Å². The third kappa shape index (κ3) is 1.92. The maximum Gasteiger partial charge on any atom is 0.142 e. The lowest BCUT2D eigenvalue weighted by Gasteiger charge is -2.39. The molecule has 0 saturated carbocycles. The van der Waals surface area contributed by atoms with Gasteiger partial charge < -0.3 is 15.4 Å². The van der Waals surface area contributed by atoms with Gasteiger partial charge in [0, 0.05) is 6.54 Å². The summed E-state index contributed by atoms with van der Waals surface area (Å²) in [5.41, 5.74) is 6.83. The lowest BCUT2D eigenvalue weighted by atomic mass is 10.1. The Labute approximate surface area is 89.6 Å². The van der Waals surface area contributed by atoms with E-state index in [1.54, 1.807) is 6.20 Å². The third-order valence-corrected chi connectivity index (χ3v) is 2.90. The SMILES string of the molecule is CCC1COC(C)CN1c1cn[nH]c1N. The van der Waals surface area contributed by atoms with E-state index in [1.165, 1.54) is 0 Å². The second-order valence-corrected chi connectivity index (χ2v) is 4.03. The predicted molar refractivity (Wildman–Crippen MR) is 59.8 cm³/mol. The maximum absolute atomic E-state index is 5.83. The molecule has 2 atom stereocenters. The summed E-state index contributed by atoms with van der Waals surface area (Å²) < 4.78 is 5.64. The van der Waals surface area contributed by atoms with E-state index in [-0.39, 0.29) is 6.10 Å². The van der Waals surface area contributed by atoms with Crippen LogP contribution in [0.25, 0.3) is 0 Å². The number of hydrogen-bond acceptors (Lipinski definition) is 4. The van der Waals surface area contributed by atoms with Crippen molar-refractivity contribution in [3.05, 3.63) is 6.20 Å². The first kappa shape index (κ1) is 10.3. The number of anilines is 2. The van der Waals surface area contributed by atoms with Gasteiger partial charge in [0.2, 0.25) is 0 Å². The van der Waals surface area contributed by atoms with Gasteiger partial charge in [-0.25, -0.2) is 0 Å². The van der Waals surface area contributed by atoms with Crippen LogP contribution in [0.3, 0.4) is 0 Å². The summed E-state index contributed by atoms with van der Waals surface area (Å²) in [7, 11) is 0. The number of nitrogens with zero attached hydrogens (tertiary/aromatic N) is 2. The summed E-state index contributed by atoms with van der Waals surface area (Å²) in [6.07, 6.45) is 3.09. The molecule has 5 heteroatoms. The van der Waals surface area contributed by atoms with Crippen molar-refractivity contribution < 1.29 is 4.74 Å². The number of H-pyrrole nitrogens is 1. The summed E-state index contributed by atoms with van der Waals surface area (Å²) in [5, 5.41) is 6.73. The van der Waals surface area contributed by atoms with E-state index in [2.05, 4.69) is 28.9 Å². The van der Waals surface area contributed by atoms with Gasteiger partial charge in [0.25, 0.3) is 0 Å². The largest absolute Gasteiger partial charge is 0.382 e. The summed E-state index contributed by atoms with van der Waals surface area (Å²) in [6.45, 7) is 5.88. The summed E-state index contributed by atoms with van der Waals surface area (Å²) in [4.78, 5) is 2.28. The molecule has 2 unspecified atom stereocenters. The van der Waals surface area contributed by atoms with Crippen molar-refractivity contribution in [3.63, 3.8) is 0 Å². The topological polar surface area (TPSA) is 67.2 Å². The lowest BCUT2D eigenvalue weighted by Crippen LogP contribution is -2.48. The highest BCUT2D eigenvalue weighted by Gasteiger charge is 2.27. The molecule has 0 aliphatic carbocycles. The molecule has 1 aromatic rings. The Kier molecular flexibility index (Phi) is 2.81. The van der Waals surface area contributed by atoms with E-state index in [9.17, 15) is 0 Å². The first-order valence-electron chi connectivity index (χ1n) is 5.39. The number of ether oxygens (including phenoxy) is 1. The molecule has 0 bridgehead atoms. The number of morpholine rings is 1. The predicted octanol–water partition coefficient (Wildman–Crippen LogP) is 0.996. The highest BCUT2D eigenvalue weighted by atomic mass is 16.5. The van der Waals surface area contributed by atoms with Gasteiger partial charge >= 0.3 is 0 Å². The number of nitrogens with one attached hydrogen (secondary N) is 1. The molecular weight excluding hydrogens is 192 g/mol. The lowest BCUT2D eigenvalue weighted by molar-refractivity contribution is 0.0300. The van der Waals surface area contributed by atoms with Gasteiger partial charge in [-0.05, 0) is 13.3 Å². The molecule has 15 heavy (non-hydrogen) atoms. The zero-order valence-electron chi connectivity index (χ0n) is 9.23. The molecule has 0 aromatic carbocycles. The molecular formula is C10H18N4O. The summed E-state index contributed by atoms with van der Waals surface area (Å²) in [5.74, 6) is 0.641. The van der Waals surface area contributed by atoms with E-state index in [0.717, 1.165) is 25.3 Å². The number of hydrogen-bond donors (Lipinski definition) is 2. The van der Waals surface area contributed by atoms with Crippen molar-refractivity contribution >= 4 is 11.5 Å². The molecule has 84 valence electrons. The van der Waals surface area contributed by atoms with E-state index in [4.69, 9.17) is 10.5 Å².